The zero-order chi connectivity index (χ0) is 18.5. The first-order valence-electron chi connectivity index (χ1n) is 8.35. The molecule has 3 rings (SSSR count). The van der Waals surface area contributed by atoms with Crippen LogP contribution in [0.3, 0.4) is 0 Å². The van der Waals surface area contributed by atoms with E-state index < -0.39 is 11.9 Å². The molecule has 1 atom stereocenters. The minimum atomic E-state index is -0.699. The van der Waals surface area contributed by atoms with E-state index in [1.165, 1.54) is 6.07 Å². The van der Waals surface area contributed by atoms with Crippen LogP contribution in [0.15, 0.2) is 60.9 Å². The molecule has 1 aromatic heterocycles. The number of rotatable bonds is 6. The molecule has 1 N–H and O–H groups in total. The highest BCUT2D eigenvalue weighted by atomic mass is 19.1. The van der Waals surface area contributed by atoms with Gasteiger partial charge in [0.05, 0.1) is 6.61 Å². The standard InChI is InChI=1S/C20H20FN3O2/c1-3-26-15-10-8-14(9-11-15)20(25)23-18(19-22-12-13-24(19)2)16-6-4-5-7-17(16)21/h4-13,18H,3H2,1-2H3,(H,23,25)/t18-/m1/s1. The van der Waals surface area contributed by atoms with Gasteiger partial charge in [-0.05, 0) is 37.3 Å². The number of imidazole rings is 1. The Bertz CT molecular complexity index is 890. The lowest BCUT2D eigenvalue weighted by Crippen LogP contribution is -2.31. The van der Waals surface area contributed by atoms with Crippen LogP contribution in [0.2, 0.25) is 0 Å². The first kappa shape index (κ1) is 17.7. The minimum Gasteiger partial charge on any atom is -0.494 e. The number of benzene rings is 2. The summed E-state index contributed by atoms with van der Waals surface area (Å²) in [5, 5.41) is 2.88. The Hall–Kier alpha value is -3.15. The van der Waals surface area contributed by atoms with Gasteiger partial charge < -0.3 is 14.6 Å². The van der Waals surface area contributed by atoms with Crippen molar-refractivity contribution in [1.29, 1.82) is 0 Å². The van der Waals surface area contributed by atoms with Crippen molar-refractivity contribution in [2.75, 3.05) is 6.61 Å². The number of aryl methyl sites for hydroxylation is 1. The van der Waals surface area contributed by atoms with E-state index in [9.17, 15) is 9.18 Å². The van der Waals surface area contributed by atoms with Crippen molar-refractivity contribution in [3.63, 3.8) is 0 Å². The van der Waals surface area contributed by atoms with Gasteiger partial charge in [-0.25, -0.2) is 9.37 Å². The SMILES string of the molecule is CCOc1ccc(C(=O)N[C@H](c2ccccc2F)c2nccn2C)cc1. The summed E-state index contributed by atoms with van der Waals surface area (Å²) in [6, 6.07) is 12.5. The third kappa shape index (κ3) is 3.74. The first-order chi connectivity index (χ1) is 12.6. The van der Waals surface area contributed by atoms with Crippen molar-refractivity contribution in [3.8, 4) is 5.75 Å². The monoisotopic (exact) mass is 353 g/mol. The van der Waals surface area contributed by atoms with Crippen LogP contribution in [-0.4, -0.2) is 22.1 Å². The Morgan fingerprint density at radius 3 is 2.58 bits per heavy atom. The predicted octanol–water partition coefficient (Wildman–Crippen LogP) is 3.48. The Morgan fingerprint density at radius 2 is 1.96 bits per heavy atom. The zero-order valence-electron chi connectivity index (χ0n) is 14.6. The minimum absolute atomic E-state index is 0.315. The van der Waals surface area contributed by atoms with Gasteiger partial charge in [0.15, 0.2) is 0 Å². The summed E-state index contributed by atoms with van der Waals surface area (Å²) in [6.07, 6.45) is 3.37. The maximum atomic E-state index is 14.3. The van der Waals surface area contributed by atoms with E-state index >= 15 is 0 Å². The van der Waals surface area contributed by atoms with Gasteiger partial charge in [0, 0.05) is 30.6 Å². The summed E-state index contributed by atoms with van der Waals surface area (Å²) in [5.41, 5.74) is 0.824. The lowest BCUT2D eigenvalue weighted by Gasteiger charge is -2.20. The maximum absolute atomic E-state index is 14.3. The number of ether oxygens (including phenoxy) is 1. The number of nitrogens with one attached hydrogen (secondary N) is 1. The molecule has 2 aromatic carbocycles. The second-order valence-corrected chi connectivity index (χ2v) is 5.78. The van der Waals surface area contributed by atoms with Crippen molar-refractivity contribution in [1.82, 2.24) is 14.9 Å². The van der Waals surface area contributed by atoms with Gasteiger partial charge in [-0.1, -0.05) is 18.2 Å². The van der Waals surface area contributed by atoms with E-state index in [0.29, 0.717) is 29.3 Å². The topological polar surface area (TPSA) is 56.1 Å². The second-order valence-electron chi connectivity index (χ2n) is 5.78. The molecule has 1 heterocycles. The van der Waals surface area contributed by atoms with Crippen LogP contribution >= 0.6 is 0 Å². The molecular formula is C20H20FN3O2. The first-order valence-corrected chi connectivity index (χ1v) is 8.35. The maximum Gasteiger partial charge on any atom is 0.252 e. The summed E-state index contributed by atoms with van der Waals surface area (Å²) in [7, 11) is 1.80. The largest absolute Gasteiger partial charge is 0.494 e. The van der Waals surface area contributed by atoms with Crippen molar-refractivity contribution < 1.29 is 13.9 Å². The summed E-state index contributed by atoms with van der Waals surface area (Å²) in [5.74, 6) is 0.532. The predicted molar refractivity (Wildman–Crippen MR) is 96.5 cm³/mol. The number of halogens is 1. The van der Waals surface area contributed by atoms with E-state index in [2.05, 4.69) is 10.3 Å². The molecule has 6 heteroatoms. The molecule has 5 nitrogen and oxygen atoms in total. The van der Waals surface area contributed by atoms with Gasteiger partial charge in [-0.15, -0.1) is 0 Å². The van der Waals surface area contributed by atoms with Crippen LogP contribution in [0.4, 0.5) is 4.39 Å². The molecule has 26 heavy (non-hydrogen) atoms. The van der Waals surface area contributed by atoms with Crippen LogP contribution in [0.5, 0.6) is 5.75 Å². The molecule has 0 spiro atoms. The molecule has 0 radical (unpaired) electrons. The Kier molecular flexibility index (Phi) is 5.31. The molecule has 0 saturated carbocycles. The van der Waals surface area contributed by atoms with E-state index in [0.717, 1.165) is 0 Å². The van der Waals surface area contributed by atoms with Crippen LogP contribution < -0.4 is 10.1 Å². The van der Waals surface area contributed by atoms with E-state index in [4.69, 9.17) is 4.74 Å². The Labute approximate surface area is 151 Å². The average Bonchev–Trinajstić information content (AvgIpc) is 3.07. The number of aromatic nitrogens is 2. The zero-order valence-corrected chi connectivity index (χ0v) is 14.6. The molecule has 1 amide bonds. The van der Waals surface area contributed by atoms with Gasteiger partial charge >= 0.3 is 0 Å². The smallest absolute Gasteiger partial charge is 0.252 e. The highest BCUT2D eigenvalue weighted by molar-refractivity contribution is 5.94. The quantitative estimate of drug-likeness (QED) is 0.738. The molecule has 0 aliphatic rings. The number of hydrogen-bond donors (Lipinski definition) is 1. The highest BCUT2D eigenvalue weighted by Gasteiger charge is 2.24. The third-order valence-corrected chi connectivity index (χ3v) is 4.04. The molecule has 0 aliphatic heterocycles. The number of hydrogen-bond acceptors (Lipinski definition) is 3. The highest BCUT2D eigenvalue weighted by Crippen LogP contribution is 2.24. The van der Waals surface area contributed by atoms with E-state index in [1.54, 1.807) is 66.5 Å². The molecular weight excluding hydrogens is 333 g/mol. The average molecular weight is 353 g/mol. The van der Waals surface area contributed by atoms with Crippen LogP contribution in [-0.2, 0) is 7.05 Å². The number of carbonyl (C=O) groups excluding carboxylic acids is 1. The fraction of sp³-hybridized carbons (Fsp3) is 0.200. The van der Waals surface area contributed by atoms with Crippen LogP contribution in [0.25, 0.3) is 0 Å². The summed E-state index contributed by atoms with van der Waals surface area (Å²) in [6.45, 7) is 2.45. The normalized spacial score (nSPS) is 11.8. The molecule has 0 bridgehead atoms. The van der Waals surface area contributed by atoms with Crippen molar-refractivity contribution >= 4 is 5.91 Å². The fourth-order valence-electron chi connectivity index (χ4n) is 2.73. The van der Waals surface area contributed by atoms with Gasteiger partial charge in [-0.3, -0.25) is 4.79 Å². The number of nitrogens with zero attached hydrogens (tertiary/aromatic N) is 2. The van der Waals surface area contributed by atoms with Gasteiger partial charge in [0.2, 0.25) is 0 Å². The molecule has 0 fully saturated rings. The van der Waals surface area contributed by atoms with Gasteiger partial charge in [0.1, 0.15) is 23.4 Å². The van der Waals surface area contributed by atoms with Crippen molar-refractivity contribution in [2.45, 2.75) is 13.0 Å². The summed E-state index contributed by atoms with van der Waals surface area (Å²) < 4.78 is 21.5. The number of amides is 1. The fourth-order valence-corrected chi connectivity index (χ4v) is 2.73. The summed E-state index contributed by atoms with van der Waals surface area (Å²) >= 11 is 0. The van der Waals surface area contributed by atoms with E-state index in [1.807, 2.05) is 6.92 Å². The number of carbonyl (C=O) groups is 1. The molecule has 0 saturated heterocycles. The Morgan fingerprint density at radius 1 is 1.23 bits per heavy atom. The van der Waals surface area contributed by atoms with Crippen molar-refractivity contribution in [3.05, 3.63) is 83.7 Å². The summed E-state index contributed by atoms with van der Waals surface area (Å²) in [4.78, 5) is 17.0. The second kappa shape index (κ2) is 7.82. The molecule has 134 valence electrons. The van der Waals surface area contributed by atoms with Gasteiger partial charge in [0.25, 0.3) is 5.91 Å². The van der Waals surface area contributed by atoms with Gasteiger partial charge in [-0.2, -0.15) is 0 Å². The lowest BCUT2D eigenvalue weighted by atomic mass is 10.0. The van der Waals surface area contributed by atoms with Crippen molar-refractivity contribution in [2.24, 2.45) is 7.05 Å². The van der Waals surface area contributed by atoms with Crippen LogP contribution in [0, 0.1) is 5.82 Å². The third-order valence-electron chi connectivity index (χ3n) is 4.04. The molecule has 3 aromatic rings. The Balaban J connectivity index is 1.90. The van der Waals surface area contributed by atoms with E-state index in [-0.39, 0.29) is 5.91 Å². The lowest BCUT2D eigenvalue weighted by molar-refractivity contribution is 0.0940. The molecule has 0 aliphatic carbocycles. The van der Waals surface area contributed by atoms with Crippen LogP contribution in [0.1, 0.15) is 34.7 Å². The molecule has 0 unspecified atom stereocenters.